The molecule has 0 saturated carbocycles. The SMILES string of the molecule is CCCCOc1ccc(/C=C2/SC(=S)N(c3c(C)n(C)n(-c4ccccc4)c3=O)C2=O)cc1OC. The number of rotatable bonds is 8. The summed E-state index contributed by atoms with van der Waals surface area (Å²) in [6.45, 7) is 4.52. The van der Waals surface area contributed by atoms with Gasteiger partial charge in [0.05, 0.1) is 30.0 Å². The van der Waals surface area contributed by atoms with Crippen molar-refractivity contribution >= 4 is 46.0 Å². The first kappa shape index (κ1) is 24.8. The topological polar surface area (TPSA) is 65.7 Å². The quantitative estimate of drug-likeness (QED) is 0.240. The van der Waals surface area contributed by atoms with Crippen molar-refractivity contribution in [3.8, 4) is 17.2 Å². The van der Waals surface area contributed by atoms with E-state index in [1.165, 1.54) is 21.3 Å². The molecule has 1 amide bonds. The molecule has 182 valence electrons. The molecule has 7 nitrogen and oxygen atoms in total. The molecule has 4 rings (SSSR count). The second-order valence-corrected chi connectivity index (χ2v) is 9.72. The number of para-hydroxylation sites is 1. The fourth-order valence-electron chi connectivity index (χ4n) is 3.84. The van der Waals surface area contributed by atoms with Crippen molar-refractivity contribution in [2.75, 3.05) is 18.6 Å². The van der Waals surface area contributed by atoms with Gasteiger partial charge in [0.25, 0.3) is 11.5 Å². The second-order valence-electron chi connectivity index (χ2n) is 8.04. The summed E-state index contributed by atoms with van der Waals surface area (Å²) in [4.78, 5) is 28.6. The first-order chi connectivity index (χ1) is 16.9. The molecular weight excluding hydrogens is 482 g/mol. The molecule has 0 aliphatic carbocycles. The number of aromatic nitrogens is 2. The van der Waals surface area contributed by atoms with E-state index in [1.807, 2.05) is 48.5 Å². The van der Waals surface area contributed by atoms with E-state index in [0.29, 0.717) is 38.7 Å². The molecular formula is C26H27N3O4S2. The second kappa shape index (κ2) is 10.5. The normalized spacial score (nSPS) is 14.7. The molecule has 0 radical (unpaired) electrons. The monoisotopic (exact) mass is 509 g/mol. The minimum Gasteiger partial charge on any atom is -0.493 e. The number of hydrogen-bond acceptors (Lipinski definition) is 6. The van der Waals surface area contributed by atoms with Crippen molar-refractivity contribution in [1.29, 1.82) is 0 Å². The van der Waals surface area contributed by atoms with Crippen LogP contribution in [-0.2, 0) is 11.8 Å². The Hall–Kier alpha value is -3.30. The van der Waals surface area contributed by atoms with Gasteiger partial charge in [-0.25, -0.2) is 4.68 Å². The summed E-state index contributed by atoms with van der Waals surface area (Å²) >= 11 is 6.71. The number of ether oxygens (including phenoxy) is 2. The van der Waals surface area contributed by atoms with E-state index in [1.54, 1.807) is 31.8 Å². The number of carbonyl (C=O) groups excluding carboxylic acids is 1. The third-order valence-corrected chi connectivity index (χ3v) is 7.08. The number of thiocarbonyl (C=S) groups is 1. The molecule has 0 unspecified atom stereocenters. The Morgan fingerprint density at radius 1 is 1.09 bits per heavy atom. The van der Waals surface area contributed by atoms with Crippen LogP contribution >= 0.6 is 24.0 Å². The summed E-state index contributed by atoms with van der Waals surface area (Å²) in [5.74, 6) is 0.926. The zero-order valence-corrected chi connectivity index (χ0v) is 21.7. The highest BCUT2D eigenvalue weighted by molar-refractivity contribution is 8.27. The van der Waals surface area contributed by atoms with Crippen LogP contribution in [0.25, 0.3) is 11.8 Å². The molecule has 2 heterocycles. The lowest BCUT2D eigenvalue weighted by molar-refractivity contribution is -0.113. The number of unbranched alkanes of at least 4 members (excludes halogenated alkanes) is 1. The minimum absolute atomic E-state index is 0.263. The van der Waals surface area contributed by atoms with E-state index in [4.69, 9.17) is 21.7 Å². The molecule has 1 fully saturated rings. The summed E-state index contributed by atoms with van der Waals surface area (Å²) in [7, 11) is 3.37. The molecule has 0 N–H and O–H groups in total. The maximum atomic E-state index is 13.4. The van der Waals surface area contributed by atoms with Crippen LogP contribution in [0.3, 0.4) is 0 Å². The van der Waals surface area contributed by atoms with E-state index >= 15 is 0 Å². The summed E-state index contributed by atoms with van der Waals surface area (Å²) in [6.07, 6.45) is 3.75. The van der Waals surface area contributed by atoms with Gasteiger partial charge in [0.2, 0.25) is 0 Å². The Balaban J connectivity index is 1.66. The van der Waals surface area contributed by atoms with Gasteiger partial charge in [-0.1, -0.05) is 61.6 Å². The van der Waals surface area contributed by atoms with Crippen LogP contribution < -0.4 is 19.9 Å². The molecule has 2 aromatic carbocycles. The third-order valence-electron chi connectivity index (χ3n) is 5.78. The predicted molar refractivity (Wildman–Crippen MR) is 145 cm³/mol. The zero-order chi connectivity index (χ0) is 25.1. The summed E-state index contributed by atoms with van der Waals surface area (Å²) < 4.78 is 14.9. The summed E-state index contributed by atoms with van der Waals surface area (Å²) in [5, 5.41) is 0. The van der Waals surface area contributed by atoms with Gasteiger partial charge < -0.3 is 9.47 Å². The van der Waals surface area contributed by atoms with Gasteiger partial charge in [0.15, 0.2) is 15.8 Å². The Bertz CT molecular complexity index is 1360. The predicted octanol–water partition coefficient (Wildman–Crippen LogP) is 5.08. The molecule has 3 aromatic rings. The van der Waals surface area contributed by atoms with E-state index < -0.39 is 0 Å². The Kier molecular flexibility index (Phi) is 7.47. The lowest BCUT2D eigenvalue weighted by Gasteiger charge is -2.12. The number of methoxy groups -OCH3 is 1. The molecule has 0 bridgehead atoms. The molecule has 0 atom stereocenters. The molecule has 1 saturated heterocycles. The van der Waals surface area contributed by atoms with Gasteiger partial charge in [0.1, 0.15) is 5.69 Å². The van der Waals surface area contributed by atoms with Crippen molar-refractivity contribution < 1.29 is 14.3 Å². The van der Waals surface area contributed by atoms with E-state index in [-0.39, 0.29) is 17.2 Å². The average molecular weight is 510 g/mol. The Morgan fingerprint density at radius 2 is 1.83 bits per heavy atom. The lowest BCUT2D eigenvalue weighted by atomic mass is 10.2. The maximum absolute atomic E-state index is 13.4. The van der Waals surface area contributed by atoms with Crippen molar-refractivity contribution in [3.05, 3.63) is 75.0 Å². The van der Waals surface area contributed by atoms with Gasteiger partial charge in [-0.05, 0) is 49.2 Å². The van der Waals surface area contributed by atoms with Crippen LogP contribution in [-0.4, -0.2) is 33.3 Å². The molecule has 0 spiro atoms. The highest BCUT2D eigenvalue weighted by Gasteiger charge is 2.37. The van der Waals surface area contributed by atoms with Crippen LogP contribution in [0.5, 0.6) is 11.5 Å². The third kappa shape index (κ3) is 4.78. The number of thioether (sulfide) groups is 1. The smallest absolute Gasteiger partial charge is 0.296 e. The Labute approximate surface area is 213 Å². The van der Waals surface area contributed by atoms with Crippen LogP contribution in [0, 0.1) is 6.92 Å². The first-order valence-corrected chi connectivity index (χ1v) is 12.5. The summed E-state index contributed by atoms with van der Waals surface area (Å²) in [6, 6.07) is 14.8. The highest BCUT2D eigenvalue weighted by Crippen LogP contribution is 2.37. The number of carbonyl (C=O) groups is 1. The van der Waals surface area contributed by atoms with Gasteiger partial charge in [-0.15, -0.1) is 0 Å². The van der Waals surface area contributed by atoms with Crippen LogP contribution in [0.2, 0.25) is 0 Å². The van der Waals surface area contributed by atoms with Crippen molar-refractivity contribution in [1.82, 2.24) is 9.36 Å². The summed E-state index contributed by atoms with van der Waals surface area (Å²) in [5.41, 5.74) is 2.09. The van der Waals surface area contributed by atoms with Gasteiger partial charge in [-0.3, -0.25) is 19.2 Å². The molecule has 9 heteroatoms. The van der Waals surface area contributed by atoms with Crippen molar-refractivity contribution in [3.63, 3.8) is 0 Å². The number of amides is 1. The van der Waals surface area contributed by atoms with E-state index in [2.05, 4.69) is 6.92 Å². The van der Waals surface area contributed by atoms with Crippen molar-refractivity contribution in [2.24, 2.45) is 7.05 Å². The maximum Gasteiger partial charge on any atom is 0.296 e. The van der Waals surface area contributed by atoms with Crippen molar-refractivity contribution in [2.45, 2.75) is 26.7 Å². The average Bonchev–Trinajstić information content (AvgIpc) is 3.25. The van der Waals surface area contributed by atoms with Gasteiger partial charge in [0, 0.05) is 7.05 Å². The Morgan fingerprint density at radius 3 is 2.51 bits per heavy atom. The molecule has 1 aliphatic heterocycles. The van der Waals surface area contributed by atoms with Crippen LogP contribution in [0.15, 0.2) is 58.2 Å². The largest absolute Gasteiger partial charge is 0.493 e. The number of nitrogens with zero attached hydrogens (tertiary/aromatic N) is 3. The number of hydrogen-bond donors (Lipinski definition) is 0. The standard InChI is InChI=1S/C26H27N3O4S2/c1-5-6-14-33-20-13-12-18(15-21(20)32-4)16-22-24(30)28(26(34)35-22)23-17(2)27(3)29(25(23)31)19-10-8-7-9-11-19/h7-13,15-16H,5-6,14H2,1-4H3/b22-16+. The fourth-order valence-corrected chi connectivity index (χ4v) is 5.11. The highest BCUT2D eigenvalue weighted by atomic mass is 32.2. The van der Waals surface area contributed by atoms with Gasteiger partial charge in [-0.2, -0.15) is 0 Å². The van der Waals surface area contributed by atoms with Crippen LogP contribution in [0.4, 0.5) is 5.69 Å². The number of anilines is 1. The molecule has 1 aromatic heterocycles. The number of benzene rings is 2. The first-order valence-electron chi connectivity index (χ1n) is 11.3. The molecule has 35 heavy (non-hydrogen) atoms. The van der Waals surface area contributed by atoms with E-state index in [9.17, 15) is 9.59 Å². The minimum atomic E-state index is -0.326. The van der Waals surface area contributed by atoms with Crippen LogP contribution in [0.1, 0.15) is 31.0 Å². The van der Waals surface area contributed by atoms with E-state index in [0.717, 1.165) is 18.4 Å². The lowest BCUT2D eigenvalue weighted by Crippen LogP contribution is -2.33. The van der Waals surface area contributed by atoms with Gasteiger partial charge >= 0.3 is 0 Å². The molecule has 1 aliphatic rings. The fraction of sp³-hybridized carbons (Fsp3) is 0.269. The zero-order valence-electron chi connectivity index (χ0n) is 20.1.